The number of nitrogens with one attached hydrogen (secondary N) is 1. The van der Waals surface area contributed by atoms with Gasteiger partial charge in [0.25, 0.3) is 5.91 Å². The Morgan fingerprint density at radius 3 is 2.73 bits per heavy atom. The molecule has 2 aromatic rings. The summed E-state index contributed by atoms with van der Waals surface area (Å²) in [5.41, 5.74) is 2.11. The molecule has 0 spiro atoms. The minimum atomic E-state index is -0.156. The van der Waals surface area contributed by atoms with Gasteiger partial charge in [0.05, 0.1) is 17.6 Å². The summed E-state index contributed by atoms with van der Waals surface area (Å²) in [7, 11) is 1.79. The summed E-state index contributed by atoms with van der Waals surface area (Å²) in [5.74, 6) is 0.603. The molecule has 0 atom stereocenters. The molecule has 2 aromatic heterocycles. The monoisotopic (exact) mass is 301 g/mol. The molecule has 3 rings (SSSR count). The number of nitrogens with zero attached hydrogens (tertiary/aromatic N) is 4. The van der Waals surface area contributed by atoms with Gasteiger partial charge in [-0.1, -0.05) is 20.8 Å². The normalized spacial score (nSPS) is 15.1. The first-order valence-corrected chi connectivity index (χ1v) is 7.71. The number of carbonyl (C=O) groups excluding carboxylic acids is 1. The van der Waals surface area contributed by atoms with Crippen LogP contribution in [0.2, 0.25) is 0 Å². The molecular weight excluding hydrogens is 278 g/mol. The zero-order valence-corrected chi connectivity index (χ0v) is 13.6. The number of amides is 1. The summed E-state index contributed by atoms with van der Waals surface area (Å²) in [4.78, 5) is 12.4. The number of hydrogen-bond donors (Lipinski definition) is 1. The van der Waals surface area contributed by atoms with Crippen molar-refractivity contribution in [2.75, 3.05) is 5.32 Å². The van der Waals surface area contributed by atoms with E-state index in [0.29, 0.717) is 5.69 Å². The number of carbonyl (C=O) groups is 1. The lowest BCUT2D eigenvalue weighted by atomic mass is 9.92. The quantitative estimate of drug-likeness (QED) is 0.944. The van der Waals surface area contributed by atoms with Crippen molar-refractivity contribution in [2.45, 2.75) is 45.6 Å². The van der Waals surface area contributed by atoms with Crippen molar-refractivity contribution in [2.24, 2.45) is 13.0 Å². The van der Waals surface area contributed by atoms with Gasteiger partial charge < -0.3 is 5.32 Å². The molecule has 6 heteroatoms. The van der Waals surface area contributed by atoms with Gasteiger partial charge in [-0.2, -0.15) is 10.2 Å². The number of aryl methyl sites for hydroxylation is 1. The highest BCUT2D eigenvalue weighted by Crippen LogP contribution is 2.30. The molecule has 1 aliphatic carbocycles. The second kappa shape index (κ2) is 5.26. The van der Waals surface area contributed by atoms with Crippen LogP contribution < -0.4 is 5.32 Å². The Morgan fingerprint density at radius 2 is 2.14 bits per heavy atom. The number of aromatic nitrogens is 4. The summed E-state index contributed by atoms with van der Waals surface area (Å²) >= 11 is 0. The van der Waals surface area contributed by atoms with E-state index in [0.717, 1.165) is 23.8 Å². The molecule has 1 aliphatic rings. The number of hydrogen-bond acceptors (Lipinski definition) is 3. The average Bonchev–Trinajstić information content (AvgIpc) is 2.95. The zero-order chi connectivity index (χ0) is 15.9. The van der Waals surface area contributed by atoms with Crippen molar-refractivity contribution >= 4 is 11.6 Å². The van der Waals surface area contributed by atoms with E-state index in [9.17, 15) is 4.79 Å². The molecule has 0 unspecified atom stereocenters. The molecule has 0 aromatic carbocycles. The van der Waals surface area contributed by atoms with Crippen LogP contribution in [0.3, 0.4) is 0 Å². The lowest BCUT2D eigenvalue weighted by Crippen LogP contribution is -2.15. The minimum absolute atomic E-state index is 0.0779. The van der Waals surface area contributed by atoms with Crippen LogP contribution >= 0.6 is 0 Å². The van der Waals surface area contributed by atoms with E-state index >= 15 is 0 Å². The highest BCUT2D eigenvalue weighted by molar-refractivity contribution is 6.03. The van der Waals surface area contributed by atoms with Crippen LogP contribution in [0.1, 0.15) is 49.8 Å². The summed E-state index contributed by atoms with van der Waals surface area (Å²) in [5, 5.41) is 11.6. The smallest absolute Gasteiger partial charge is 0.274 e. The SMILES string of the molecule is Cn1nc(C(C)(C)C)cc1C(=O)Nc1cnn(CC2CC2)c1. The fourth-order valence-electron chi connectivity index (χ4n) is 2.33. The lowest BCUT2D eigenvalue weighted by molar-refractivity contribution is 0.101. The largest absolute Gasteiger partial charge is 0.318 e. The van der Waals surface area contributed by atoms with Gasteiger partial charge in [-0.15, -0.1) is 0 Å². The molecule has 1 N–H and O–H groups in total. The lowest BCUT2D eigenvalue weighted by Gasteiger charge is -2.13. The maximum atomic E-state index is 12.4. The van der Waals surface area contributed by atoms with Gasteiger partial charge in [-0.3, -0.25) is 14.2 Å². The topological polar surface area (TPSA) is 64.7 Å². The molecule has 6 nitrogen and oxygen atoms in total. The molecular formula is C16H23N5O. The Bertz CT molecular complexity index is 688. The summed E-state index contributed by atoms with van der Waals surface area (Å²) < 4.78 is 3.53. The van der Waals surface area contributed by atoms with Crippen LogP contribution in [0.4, 0.5) is 5.69 Å². The van der Waals surface area contributed by atoms with Crippen LogP contribution in [0.25, 0.3) is 0 Å². The van der Waals surface area contributed by atoms with Crippen molar-refractivity contribution in [1.82, 2.24) is 19.6 Å². The number of rotatable bonds is 4. The van der Waals surface area contributed by atoms with Gasteiger partial charge in [0.1, 0.15) is 5.69 Å². The van der Waals surface area contributed by atoms with E-state index in [-0.39, 0.29) is 11.3 Å². The fourth-order valence-corrected chi connectivity index (χ4v) is 2.33. The first-order valence-electron chi connectivity index (χ1n) is 7.71. The molecule has 1 fully saturated rings. The predicted octanol–water partition coefficient (Wildman–Crippen LogP) is 2.58. The molecule has 0 saturated heterocycles. The molecule has 0 radical (unpaired) electrons. The van der Waals surface area contributed by atoms with Crippen molar-refractivity contribution in [3.8, 4) is 0 Å². The third kappa shape index (κ3) is 3.21. The second-order valence-corrected chi connectivity index (χ2v) is 7.14. The first kappa shape index (κ1) is 14.8. The Balaban J connectivity index is 1.71. The Hall–Kier alpha value is -2.11. The van der Waals surface area contributed by atoms with Gasteiger partial charge >= 0.3 is 0 Å². The van der Waals surface area contributed by atoms with Gasteiger partial charge in [-0.05, 0) is 24.8 Å². The van der Waals surface area contributed by atoms with Crippen LogP contribution in [0.5, 0.6) is 0 Å². The fraction of sp³-hybridized carbons (Fsp3) is 0.562. The van der Waals surface area contributed by atoms with E-state index in [1.165, 1.54) is 12.8 Å². The van der Waals surface area contributed by atoms with Gasteiger partial charge in [0.15, 0.2) is 0 Å². The number of anilines is 1. The predicted molar refractivity (Wildman–Crippen MR) is 84.8 cm³/mol. The van der Waals surface area contributed by atoms with E-state index in [4.69, 9.17) is 0 Å². The van der Waals surface area contributed by atoms with Gasteiger partial charge in [-0.25, -0.2) is 0 Å². The van der Waals surface area contributed by atoms with E-state index in [2.05, 4.69) is 36.3 Å². The van der Waals surface area contributed by atoms with E-state index in [1.54, 1.807) is 17.9 Å². The molecule has 118 valence electrons. The maximum Gasteiger partial charge on any atom is 0.274 e. The highest BCUT2D eigenvalue weighted by atomic mass is 16.2. The third-order valence-electron chi connectivity index (χ3n) is 3.91. The average molecular weight is 301 g/mol. The standard InChI is InChI=1S/C16H23N5O/c1-16(2,3)14-7-13(20(4)19-14)15(22)18-12-8-17-21(10-12)9-11-5-6-11/h7-8,10-11H,5-6,9H2,1-4H3,(H,18,22). The van der Waals surface area contributed by atoms with E-state index < -0.39 is 0 Å². The molecule has 2 heterocycles. The summed E-state index contributed by atoms with van der Waals surface area (Å²) in [6, 6.07) is 1.85. The van der Waals surface area contributed by atoms with Crippen LogP contribution in [-0.2, 0) is 19.0 Å². The van der Waals surface area contributed by atoms with Crippen molar-refractivity contribution in [1.29, 1.82) is 0 Å². The van der Waals surface area contributed by atoms with Crippen molar-refractivity contribution in [3.05, 3.63) is 29.8 Å². The Kier molecular flexibility index (Phi) is 3.54. The Morgan fingerprint density at radius 1 is 1.41 bits per heavy atom. The maximum absolute atomic E-state index is 12.4. The molecule has 22 heavy (non-hydrogen) atoms. The molecule has 0 bridgehead atoms. The zero-order valence-electron chi connectivity index (χ0n) is 13.6. The van der Waals surface area contributed by atoms with Gasteiger partial charge in [0.2, 0.25) is 0 Å². The Labute approximate surface area is 130 Å². The summed E-state index contributed by atoms with van der Waals surface area (Å²) in [6.45, 7) is 7.19. The van der Waals surface area contributed by atoms with Gasteiger partial charge in [0, 0.05) is 25.2 Å². The molecule has 1 saturated carbocycles. The van der Waals surface area contributed by atoms with E-state index in [1.807, 2.05) is 16.9 Å². The third-order valence-corrected chi connectivity index (χ3v) is 3.91. The van der Waals surface area contributed by atoms with Crippen LogP contribution in [0, 0.1) is 5.92 Å². The first-order chi connectivity index (χ1) is 10.3. The summed E-state index contributed by atoms with van der Waals surface area (Å²) in [6.07, 6.45) is 6.15. The van der Waals surface area contributed by atoms with Crippen LogP contribution in [-0.4, -0.2) is 25.5 Å². The second-order valence-electron chi connectivity index (χ2n) is 7.14. The molecule has 0 aliphatic heterocycles. The van der Waals surface area contributed by atoms with Crippen molar-refractivity contribution in [3.63, 3.8) is 0 Å². The minimum Gasteiger partial charge on any atom is -0.318 e. The molecule has 1 amide bonds. The highest BCUT2D eigenvalue weighted by Gasteiger charge is 2.23. The van der Waals surface area contributed by atoms with Crippen LogP contribution in [0.15, 0.2) is 18.5 Å². The van der Waals surface area contributed by atoms with Crippen molar-refractivity contribution < 1.29 is 4.79 Å².